The largest absolute Gasteiger partial charge is 0.446 e. The lowest BCUT2D eigenvalue weighted by atomic mass is 9.77. The molecule has 0 saturated heterocycles. The summed E-state index contributed by atoms with van der Waals surface area (Å²) in [6.45, 7) is 0. The molecule has 0 N–H and O–H groups in total. The number of halogens is 1. The fourth-order valence-electron chi connectivity index (χ4n) is 2.35. The van der Waals surface area contributed by atoms with Crippen molar-refractivity contribution in [3.05, 3.63) is 58.0 Å². The van der Waals surface area contributed by atoms with Crippen LogP contribution in [0.1, 0.15) is 46.9 Å². The fourth-order valence-corrected chi connectivity index (χ4v) is 2.65. The van der Waals surface area contributed by atoms with Crippen LogP contribution in [0.25, 0.3) is 0 Å². The van der Waals surface area contributed by atoms with Crippen LogP contribution in [-0.2, 0) is 0 Å². The third-order valence-corrected chi connectivity index (χ3v) is 3.97. The Balaban J connectivity index is 1.98. The Hall–Kier alpha value is -1.35. The van der Waals surface area contributed by atoms with Gasteiger partial charge in [-0.05, 0) is 52.4 Å². The van der Waals surface area contributed by atoms with Gasteiger partial charge in [-0.1, -0.05) is 30.7 Å². The zero-order chi connectivity index (χ0) is 12.5. The lowest BCUT2D eigenvalue weighted by molar-refractivity contribution is 0.101. The van der Waals surface area contributed by atoms with Gasteiger partial charge in [0.2, 0.25) is 5.78 Å². The van der Waals surface area contributed by atoms with Crippen LogP contribution in [0.5, 0.6) is 0 Å². The highest BCUT2D eigenvalue weighted by Gasteiger charge is 2.25. The minimum absolute atomic E-state index is 0.0248. The maximum Gasteiger partial charge on any atom is 0.228 e. The van der Waals surface area contributed by atoms with Gasteiger partial charge in [0, 0.05) is 5.56 Å². The highest BCUT2D eigenvalue weighted by atomic mass is 79.9. The standard InChI is InChI=1S/C15H13BrO2/c16-14-9-8-13(18-14)15(17)12-7-2-1-6-11(12)10-4-3-5-10/h1-2,6-10H,3-5H2. The van der Waals surface area contributed by atoms with E-state index in [1.807, 2.05) is 18.2 Å². The quantitative estimate of drug-likeness (QED) is 0.779. The Bertz CT molecular complexity index is 582. The van der Waals surface area contributed by atoms with E-state index in [4.69, 9.17) is 4.42 Å². The van der Waals surface area contributed by atoms with Crippen molar-refractivity contribution in [3.63, 3.8) is 0 Å². The predicted molar refractivity (Wildman–Crippen MR) is 72.9 cm³/mol. The van der Waals surface area contributed by atoms with Crippen LogP contribution in [0.3, 0.4) is 0 Å². The van der Waals surface area contributed by atoms with Crippen LogP contribution >= 0.6 is 15.9 Å². The van der Waals surface area contributed by atoms with Crippen molar-refractivity contribution in [2.24, 2.45) is 0 Å². The van der Waals surface area contributed by atoms with E-state index in [-0.39, 0.29) is 5.78 Å². The van der Waals surface area contributed by atoms with Crippen LogP contribution in [-0.4, -0.2) is 5.78 Å². The second-order valence-electron chi connectivity index (χ2n) is 4.65. The third kappa shape index (κ3) is 2.03. The molecule has 3 heteroatoms. The van der Waals surface area contributed by atoms with Crippen molar-refractivity contribution in [1.82, 2.24) is 0 Å². The molecule has 0 spiro atoms. The van der Waals surface area contributed by atoms with Gasteiger partial charge in [-0.25, -0.2) is 0 Å². The van der Waals surface area contributed by atoms with Crippen molar-refractivity contribution >= 4 is 21.7 Å². The first-order valence-electron chi connectivity index (χ1n) is 6.14. The number of benzene rings is 1. The highest BCUT2D eigenvalue weighted by Crippen LogP contribution is 2.38. The number of hydrogen-bond acceptors (Lipinski definition) is 2. The number of carbonyl (C=O) groups excluding carboxylic acids is 1. The molecule has 1 fully saturated rings. The Kier molecular flexibility index (Phi) is 3.08. The summed E-state index contributed by atoms with van der Waals surface area (Å²) in [6, 6.07) is 11.3. The van der Waals surface area contributed by atoms with Crippen molar-refractivity contribution in [2.75, 3.05) is 0 Å². The first-order valence-corrected chi connectivity index (χ1v) is 6.94. The molecule has 0 bridgehead atoms. The van der Waals surface area contributed by atoms with Crippen LogP contribution in [0.2, 0.25) is 0 Å². The Morgan fingerprint density at radius 3 is 2.56 bits per heavy atom. The molecule has 0 atom stereocenters. The molecule has 1 aromatic heterocycles. The molecule has 1 heterocycles. The Labute approximate surface area is 114 Å². The predicted octanol–water partition coefficient (Wildman–Crippen LogP) is 4.54. The Morgan fingerprint density at radius 2 is 1.94 bits per heavy atom. The average molecular weight is 305 g/mol. The molecular weight excluding hydrogens is 292 g/mol. The number of ketones is 1. The molecular formula is C15H13BrO2. The summed E-state index contributed by atoms with van der Waals surface area (Å²) >= 11 is 3.23. The van der Waals surface area contributed by atoms with Crippen LogP contribution < -0.4 is 0 Å². The van der Waals surface area contributed by atoms with Gasteiger partial charge in [0.05, 0.1) is 0 Å². The topological polar surface area (TPSA) is 30.2 Å². The molecule has 18 heavy (non-hydrogen) atoms. The number of rotatable bonds is 3. The summed E-state index contributed by atoms with van der Waals surface area (Å²) in [5.41, 5.74) is 1.95. The van der Waals surface area contributed by atoms with Gasteiger partial charge >= 0.3 is 0 Å². The summed E-state index contributed by atoms with van der Waals surface area (Å²) in [5, 5.41) is 0. The van der Waals surface area contributed by atoms with Gasteiger partial charge in [-0.2, -0.15) is 0 Å². The van der Waals surface area contributed by atoms with E-state index in [2.05, 4.69) is 22.0 Å². The van der Waals surface area contributed by atoms with E-state index in [9.17, 15) is 4.79 Å². The monoisotopic (exact) mass is 304 g/mol. The molecule has 2 aromatic rings. The molecule has 0 unspecified atom stereocenters. The zero-order valence-electron chi connectivity index (χ0n) is 9.86. The fraction of sp³-hybridized carbons (Fsp3) is 0.267. The van der Waals surface area contributed by atoms with Crippen molar-refractivity contribution < 1.29 is 9.21 Å². The molecule has 92 valence electrons. The van der Waals surface area contributed by atoms with E-state index >= 15 is 0 Å². The molecule has 0 radical (unpaired) electrons. The Morgan fingerprint density at radius 1 is 1.17 bits per heavy atom. The first kappa shape index (κ1) is 11.7. The summed E-state index contributed by atoms with van der Waals surface area (Å²) in [7, 11) is 0. The summed E-state index contributed by atoms with van der Waals surface area (Å²) in [6.07, 6.45) is 3.64. The van der Waals surface area contributed by atoms with Gasteiger partial charge in [0.1, 0.15) is 0 Å². The summed E-state index contributed by atoms with van der Waals surface area (Å²) in [5.74, 6) is 0.917. The SMILES string of the molecule is O=C(c1ccc(Br)o1)c1ccccc1C1CCC1. The molecule has 1 saturated carbocycles. The lowest BCUT2D eigenvalue weighted by Crippen LogP contribution is -2.14. The second-order valence-corrected chi connectivity index (χ2v) is 5.43. The minimum atomic E-state index is -0.0248. The molecule has 2 nitrogen and oxygen atoms in total. The van der Waals surface area contributed by atoms with Gasteiger partial charge in [0.15, 0.2) is 10.4 Å². The lowest BCUT2D eigenvalue weighted by Gasteiger charge is -2.27. The maximum atomic E-state index is 12.4. The van der Waals surface area contributed by atoms with Gasteiger partial charge in [-0.3, -0.25) is 4.79 Å². The molecule has 0 amide bonds. The van der Waals surface area contributed by atoms with Crippen LogP contribution in [0, 0.1) is 0 Å². The number of carbonyl (C=O) groups is 1. The normalized spacial score (nSPS) is 15.4. The third-order valence-electron chi connectivity index (χ3n) is 3.55. The van der Waals surface area contributed by atoms with Gasteiger partial charge in [-0.15, -0.1) is 0 Å². The highest BCUT2D eigenvalue weighted by molar-refractivity contribution is 9.10. The van der Waals surface area contributed by atoms with E-state index in [0.29, 0.717) is 16.3 Å². The molecule has 0 aliphatic heterocycles. The zero-order valence-corrected chi connectivity index (χ0v) is 11.4. The molecule has 1 aliphatic carbocycles. The summed E-state index contributed by atoms with van der Waals surface area (Å²) < 4.78 is 5.94. The van der Waals surface area contributed by atoms with Crippen LogP contribution in [0.4, 0.5) is 0 Å². The molecule has 1 aromatic carbocycles. The average Bonchev–Trinajstić information content (AvgIpc) is 2.74. The van der Waals surface area contributed by atoms with E-state index in [0.717, 1.165) is 5.56 Å². The summed E-state index contributed by atoms with van der Waals surface area (Å²) in [4.78, 5) is 12.4. The van der Waals surface area contributed by atoms with Gasteiger partial charge in [0.25, 0.3) is 0 Å². The van der Waals surface area contributed by atoms with E-state index in [1.165, 1.54) is 24.8 Å². The second kappa shape index (κ2) is 4.73. The van der Waals surface area contributed by atoms with E-state index in [1.54, 1.807) is 12.1 Å². The first-order chi connectivity index (χ1) is 8.75. The molecule has 1 aliphatic rings. The smallest absolute Gasteiger partial charge is 0.228 e. The van der Waals surface area contributed by atoms with Crippen molar-refractivity contribution in [2.45, 2.75) is 25.2 Å². The van der Waals surface area contributed by atoms with E-state index < -0.39 is 0 Å². The van der Waals surface area contributed by atoms with Crippen LogP contribution in [0.15, 0.2) is 45.5 Å². The van der Waals surface area contributed by atoms with Crippen molar-refractivity contribution in [3.8, 4) is 0 Å². The maximum absolute atomic E-state index is 12.4. The minimum Gasteiger partial charge on any atom is -0.446 e. The van der Waals surface area contributed by atoms with Gasteiger partial charge < -0.3 is 4.42 Å². The number of furan rings is 1. The molecule has 3 rings (SSSR count). The van der Waals surface area contributed by atoms with Crippen molar-refractivity contribution in [1.29, 1.82) is 0 Å². The number of hydrogen-bond donors (Lipinski definition) is 0.